The molecular formula is C38H56O4. The molecule has 0 saturated heterocycles. The van der Waals surface area contributed by atoms with E-state index in [9.17, 15) is 19.2 Å². The number of hydrogen-bond acceptors (Lipinski definition) is 4. The van der Waals surface area contributed by atoms with Gasteiger partial charge in [-0.05, 0) is 135 Å². The topological polar surface area (TPSA) is 68.3 Å². The van der Waals surface area contributed by atoms with E-state index in [0.717, 1.165) is 101 Å². The molecule has 42 heavy (non-hydrogen) atoms. The Morgan fingerprint density at radius 3 is 1.26 bits per heavy atom. The minimum Gasteiger partial charge on any atom is -0.300 e. The number of rotatable bonds is 0. The van der Waals surface area contributed by atoms with Gasteiger partial charge in [-0.15, -0.1) is 0 Å². The summed E-state index contributed by atoms with van der Waals surface area (Å²) in [6, 6.07) is 0. The molecule has 8 aliphatic carbocycles. The Hall–Kier alpha value is -1.32. The number of carbonyl (C=O) groups excluding carboxylic acids is 4. The summed E-state index contributed by atoms with van der Waals surface area (Å²) in [4.78, 5) is 48.4. The Bertz CT molecular complexity index is 1080. The number of hydrogen-bond donors (Lipinski definition) is 0. The van der Waals surface area contributed by atoms with Gasteiger partial charge in [0, 0.05) is 49.4 Å². The van der Waals surface area contributed by atoms with Crippen molar-refractivity contribution in [2.75, 3.05) is 0 Å². The Morgan fingerprint density at radius 2 is 0.857 bits per heavy atom. The summed E-state index contributed by atoms with van der Waals surface area (Å²) in [6.07, 6.45) is 19.1. The molecule has 8 rings (SSSR count). The highest BCUT2D eigenvalue weighted by atomic mass is 16.1. The van der Waals surface area contributed by atoms with Crippen LogP contribution in [0.1, 0.15) is 143 Å². The SMILES string of the molecule is C[C@]12CCC(=O)C[C@@H]1CC[C@@H]1[C@@H]2CC[C@]2(C)C(=O)CC[C@@H]12.C[C@]12CCC(=O)C[C@H]1CC[C@@H]1[C@@H]2CC[C@]2(C)C(=O)CC[C@@H]12. The first-order chi connectivity index (χ1) is 19.9. The lowest BCUT2D eigenvalue weighted by atomic mass is 9.45. The fourth-order valence-electron chi connectivity index (χ4n) is 13.6. The van der Waals surface area contributed by atoms with Crippen LogP contribution < -0.4 is 0 Å². The average Bonchev–Trinajstić information content (AvgIpc) is 3.44. The van der Waals surface area contributed by atoms with Gasteiger partial charge < -0.3 is 0 Å². The zero-order valence-corrected chi connectivity index (χ0v) is 27.0. The van der Waals surface area contributed by atoms with Crippen molar-refractivity contribution in [3.63, 3.8) is 0 Å². The molecule has 0 spiro atoms. The molecule has 8 fully saturated rings. The van der Waals surface area contributed by atoms with Crippen LogP contribution in [0.5, 0.6) is 0 Å². The zero-order valence-electron chi connectivity index (χ0n) is 27.0. The predicted octanol–water partition coefficient (Wildman–Crippen LogP) is 8.33. The molecule has 4 nitrogen and oxygen atoms in total. The van der Waals surface area contributed by atoms with Crippen LogP contribution in [0.25, 0.3) is 0 Å². The molecule has 0 aliphatic heterocycles. The lowest BCUT2D eigenvalue weighted by molar-refractivity contribution is -0.145. The molecule has 0 amide bonds. The highest BCUT2D eigenvalue weighted by Gasteiger charge is 2.61. The smallest absolute Gasteiger partial charge is 0.139 e. The minimum atomic E-state index is -0.00511. The summed E-state index contributed by atoms with van der Waals surface area (Å²) >= 11 is 0. The fraction of sp³-hybridized carbons (Fsp3) is 0.895. The van der Waals surface area contributed by atoms with Crippen molar-refractivity contribution in [2.24, 2.45) is 69.0 Å². The summed E-state index contributed by atoms with van der Waals surface area (Å²) in [5, 5.41) is 0. The number of carbonyl (C=O) groups is 4. The van der Waals surface area contributed by atoms with Crippen molar-refractivity contribution in [3.05, 3.63) is 0 Å². The van der Waals surface area contributed by atoms with Gasteiger partial charge in [-0.25, -0.2) is 0 Å². The van der Waals surface area contributed by atoms with E-state index in [0.29, 0.717) is 57.6 Å². The Morgan fingerprint density at radius 1 is 0.452 bits per heavy atom. The summed E-state index contributed by atoms with van der Waals surface area (Å²) in [5.74, 6) is 7.64. The molecule has 232 valence electrons. The third kappa shape index (κ3) is 4.18. The molecule has 0 aromatic carbocycles. The molecule has 4 heteroatoms. The number of ketones is 4. The molecule has 0 N–H and O–H groups in total. The Labute approximate surface area is 254 Å². The second kappa shape index (κ2) is 10.1. The van der Waals surface area contributed by atoms with Crippen molar-refractivity contribution in [2.45, 2.75) is 143 Å². The van der Waals surface area contributed by atoms with E-state index in [-0.39, 0.29) is 10.8 Å². The van der Waals surface area contributed by atoms with Gasteiger partial charge in [-0.1, -0.05) is 27.7 Å². The quantitative estimate of drug-likeness (QED) is 0.291. The van der Waals surface area contributed by atoms with Crippen LogP contribution in [0.15, 0.2) is 0 Å². The van der Waals surface area contributed by atoms with Crippen LogP contribution in [-0.4, -0.2) is 23.1 Å². The van der Waals surface area contributed by atoms with E-state index in [2.05, 4.69) is 27.7 Å². The van der Waals surface area contributed by atoms with Crippen LogP contribution >= 0.6 is 0 Å². The van der Waals surface area contributed by atoms with Crippen molar-refractivity contribution in [1.82, 2.24) is 0 Å². The lowest BCUT2D eigenvalue weighted by Gasteiger charge is -2.59. The van der Waals surface area contributed by atoms with Gasteiger partial charge in [0.15, 0.2) is 0 Å². The van der Waals surface area contributed by atoms with E-state index < -0.39 is 0 Å². The molecule has 0 aromatic heterocycles. The van der Waals surface area contributed by atoms with Crippen LogP contribution in [0, 0.1) is 69.0 Å². The fourth-order valence-corrected chi connectivity index (χ4v) is 13.6. The summed E-state index contributed by atoms with van der Waals surface area (Å²) in [5.41, 5.74) is 0.747. The van der Waals surface area contributed by atoms with Gasteiger partial charge in [-0.3, -0.25) is 19.2 Å². The van der Waals surface area contributed by atoms with Crippen molar-refractivity contribution >= 4 is 23.1 Å². The van der Waals surface area contributed by atoms with E-state index in [1.165, 1.54) is 38.5 Å². The maximum Gasteiger partial charge on any atom is 0.139 e. The molecule has 0 radical (unpaired) electrons. The highest BCUT2D eigenvalue weighted by molar-refractivity contribution is 5.87. The maximum absolute atomic E-state index is 12.4. The van der Waals surface area contributed by atoms with Crippen LogP contribution in [0.4, 0.5) is 0 Å². The van der Waals surface area contributed by atoms with Crippen molar-refractivity contribution < 1.29 is 19.2 Å². The van der Waals surface area contributed by atoms with Gasteiger partial charge in [-0.2, -0.15) is 0 Å². The first-order valence-corrected chi connectivity index (χ1v) is 18.0. The molecule has 0 aromatic rings. The molecule has 8 saturated carbocycles. The number of fused-ring (bicyclic) bond motifs is 10. The standard InChI is InChI=1S/2C19H28O2/c2*1-18-9-7-13(20)11-12(18)3-4-14-15-5-6-17(21)19(15,2)10-8-16(14)18/h2*12,14-16H,3-11H2,1-2H3/t12-,14+,15+,16+,18+,19+;12-,14-,15-,16-,18-,19-/m10/s1. The summed E-state index contributed by atoms with van der Waals surface area (Å²) < 4.78 is 0. The predicted molar refractivity (Wildman–Crippen MR) is 163 cm³/mol. The normalized spacial score (nSPS) is 53.0. The highest BCUT2D eigenvalue weighted by Crippen LogP contribution is 2.66. The second-order valence-electron chi connectivity index (χ2n) is 17.6. The van der Waals surface area contributed by atoms with Gasteiger partial charge >= 0.3 is 0 Å². The Balaban J connectivity index is 0.000000137. The maximum atomic E-state index is 12.4. The summed E-state index contributed by atoms with van der Waals surface area (Å²) in [6.45, 7) is 9.45. The largest absolute Gasteiger partial charge is 0.300 e. The third-order valence-corrected chi connectivity index (χ3v) is 16.4. The van der Waals surface area contributed by atoms with Gasteiger partial charge in [0.2, 0.25) is 0 Å². The summed E-state index contributed by atoms with van der Waals surface area (Å²) in [7, 11) is 0. The molecule has 8 aliphatic rings. The Kier molecular flexibility index (Phi) is 7.07. The molecule has 0 unspecified atom stereocenters. The van der Waals surface area contributed by atoms with Gasteiger partial charge in [0.05, 0.1) is 0 Å². The van der Waals surface area contributed by atoms with E-state index >= 15 is 0 Å². The first kappa shape index (κ1) is 29.4. The van der Waals surface area contributed by atoms with Crippen LogP contribution in [0.3, 0.4) is 0 Å². The van der Waals surface area contributed by atoms with Gasteiger partial charge in [0.25, 0.3) is 0 Å². The van der Waals surface area contributed by atoms with Crippen LogP contribution in [-0.2, 0) is 19.2 Å². The minimum absolute atomic E-state index is 0.00511. The van der Waals surface area contributed by atoms with E-state index in [4.69, 9.17) is 0 Å². The van der Waals surface area contributed by atoms with Crippen LogP contribution in [0.2, 0.25) is 0 Å². The van der Waals surface area contributed by atoms with E-state index in [1.54, 1.807) is 0 Å². The number of Topliss-reactive ketones (excluding diaryl/α,β-unsaturated/α-hetero) is 4. The van der Waals surface area contributed by atoms with Crippen molar-refractivity contribution in [3.8, 4) is 0 Å². The second-order valence-corrected chi connectivity index (χ2v) is 17.6. The molecular weight excluding hydrogens is 520 g/mol. The van der Waals surface area contributed by atoms with E-state index in [1.807, 2.05) is 0 Å². The van der Waals surface area contributed by atoms with Gasteiger partial charge in [0.1, 0.15) is 23.1 Å². The third-order valence-electron chi connectivity index (χ3n) is 16.4. The average molecular weight is 577 g/mol. The molecule has 0 bridgehead atoms. The molecule has 12 atom stereocenters. The lowest BCUT2D eigenvalue weighted by Crippen LogP contribution is -2.53. The monoisotopic (exact) mass is 576 g/mol. The van der Waals surface area contributed by atoms with Crippen molar-refractivity contribution in [1.29, 1.82) is 0 Å². The first-order valence-electron chi connectivity index (χ1n) is 18.0. The molecule has 0 heterocycles. The zero-order chi connectivity index (χ0) is 29.7.